The number of imidazole rings is 1. The van der Waals surface area contributed by atoms with E-state index in [1.165, 1.54) is 4.90 Å². The lowest BCUT2D eigenvalue weighted by Gasteiger charge is -2.25. The van der Waals surface area contributed by atoms with Crippen molar-refractivity contribution < 1.29 is 19.4 Å². The van der Waals surface area contributed by atoms with Gasteiger partial charge in [-0.25, -0.2) is 4.98 Å². The highest BCUT2D eigenvalue weighted by atomic mass is 35.5. The smallest absolute Gasteiger partial charge is 0.295 e. The summed E-state index contributed by atoms with van der Waals surface area (Å²) in [7, 11) is 1.57. The third kappa shape index (κ3) is 4.01. The first-order valence-electron chi connectivity index (χ1n) is 10.4. The van der Waals surface area contributed by atoms with Gasteiger partial charge in [0.15, 0.2) is 5.76 Å². The van der Waals surface area contributed by atoms with E-state index in [4.69, 9.17) is 27.9 Å². The summed E-state index contributed by atoms with van der Waals surface area (Å²) in [5, 5.41) is 12.0. The number of Topliss-reactive ketones (excluding diaryl/α,β-unsaturated/α-hetero) is 1. The van der Waals surface area contributed by atoms with Crippen LogP contribution in [0.25, 0.3) is 11.4 Å². The topological polar surface area (TPSA) is 84.1 Å². The third-order valence-corrected chi connectivity index (χ3v) is 6.59. The fourth-order valence-electron chi connectivity index (χ4n) is 4.19. The molecule has 1 amide bonds. The number of carbonyl (C=O) groups excluding carboxylic acids is 2. The van der Waals surface area contributed by atoms with Crippen molar-refractivity contribution >= 4 is 46.3 Å². The van der Waals surface area contributed by atoms with Crippen LogP contribution in [0.4, 0.5) is 0 Å². The minimum Gasteiger partial charge on any atom is -0.505 e. The number of likely N-dealkylation sites (tertiary alicyclic amines) is 1. The number of aryl methyl sites for hydroxylation is 2. The van der Waals surface area contributed by atoms with Crippen molar-refractivity contribution in [3.63, 3.8) is 0 Å². The molecule has 172 valence electrons. The molecule has 0 spiro atoms. The number of ether oxygens (including phenoxy) is 1. The third-order valence-electron chi connectivity index (χ3n) is 5.86. The molecule has 1 N–H and O–H groups in total. The van der Waals surface area contributed by atoms with Crippen molar-refractivity contribution in [2.75, 3.05) is 20.3 Å². The van der Waals surface area contributed by atoms with E-state index in [9.17, 15) is 14.7 Å². The summed E-state index contributed by atoms with van der Waals surface area (Å²) < 4.78 is 6.95. The number of nitrogens with zero attached hydrogens (tertiary/aromatic N) is 3. The second-order valence-electron chi connectivity index (χ2n) is 7.94. The van der Waals surface area contributed by atoms with Crippen LogP contribution in [-0.2, 0) is 14.3 Å². The van der Waals surface area contributed by atoms with Crippen LogP contribution < -0.4 is 0 Å². The summed E-state index contributed by atoms with van der Waals surface area (Å²) in [6.07, 6.45) is 2.36. The Bertz CT molecular complexity index is 1300. The minimum absolute atomic E-state index is 0.0278. The van der Waals surface area contributed by atoms with Gasteiger partial charge in [-0.3, -0.25) is 9.59 Å². The van der Waals surface area contributed by atoms with Crippen LogP contribution in [0.3, 0.4) is 0 Å². The quantitative estimate of drug-likeness (QED) is 0.235. The fraction of sp³-hybridized carbons (Fsp3) is 0.292. The Morgan fingerprint density at radius 3 is 2.61 bits per heavy atom. The predicted molar refractivity (Wildman–Crippen MR) is 127 cm³/mol. The van der Waals surface area contributed by atoms with Crippen LogP contribution in [0.5, 0.6) is 0 Å². The molecular formula is C24H23Cl2N3O4. The number of ketones is 1. The Morgan fingerprint density at radius 2 is 1.94 bits per heavy atom. The highest BCUT2D eigenvalue weighted by molar-refractivity contribution is 6.46. The summed E-state index contributed by atoms with van der Waals surface area (Å²) in [6, 6.07) is 7.87. The predicted octanol–water partition coefficient (Wildman–Crippen LogP) is 4.72. The van der Waals surface area contributed by atoms with E-state index in [0.29, 0.717) is 35.0 Å². The first-order chi connectivity index (χ1) is 15.8. The van der Waals surface area contributed by atoms with E-state index >= 15 is 0 Å². The zero-order chi connectivity index (χ0) is 23.9. The number of methoxy groups -OCH3 is 1. The van der Waals surface area contributed by atoms with Crippen LogP contribution in [-0.4, -0.2) is 51.3 Å². The minimum atomic E-state index is -0.832. The van der Waals surface area contributed by atoms with Gasteiger partial charge in [0.05, 0.1) is 27.4 Å². The molecule has 1 atom stereocenters. The first kappa shape index (κ1) is 23.3. The molecule has 3 heterocycles. The molecule has 1 aliphatic heterocycles. The van der Waals surface area contributed by atoms with E-state index in [1.807, 2.05) is 29.7 Å². The lowest BCUT2D eigenvalue weighted by Crippen LogP contribution is -2.31. The molecule has 33 heavy (non-hydrogen) atoms. The maximum absolute atomic E-state index is 13.2. The molecule has 0 saturated carbocycles. The van der Waals surface area contributed by atoms with E-state index in [1.54, 1.807) is 32.2 Å². The lowest BCUT2D eigenvalue weighted by atomic mass is 9.96. The van der Waals surface area contributed by atoms with Crippen molar-refractivity contribution in [3.05, 3.63) is 74.7 Å². The number of rotatable bonds is 6. The largest absolute Gasteiger partial charge is 0.505 e. The van der Waals surface area contributed by atoms with E-state index in [-0.39, 0.29) is 28.6 Å². The number of aliphatic hydroxyl groups excluding tert-OH is 1. The number of amides is 1. The molecule has 7 nitrogen and oxygen atoms in total. The number of halogens is 2. The Balaban J connectivity index is 1.91. The van der Waals surface area contributed by atoms with Crippen molar-refractivity contribution in [1.29, 1.82) is 0 Å². The highest BCUT2D eigenvalue weighted by Gasteiger charge is 2.46. The molecular weight excluding hydrogens is 465 g/mol. The SMILES string of the molecule is COCCCN1C(=O)C(=O)/C(=C(/O)c2nc3c(C)cccn3c2C)C1c1ccc(Cl)c(Cl)c1. The average Bonchev–Trinajstić information content (AvgIpc) is 3.26. The van der Waals surface area contributed by atoms with Crippen molar-refractivity contribution in [3.8, 4) is 0 Å². The molecule has 0 radical (unpaired) electrons. The van der Waals surface area contributed by atoms with Gasteiger partial charge in [-0.1, -0.05) is 35.3 Å². The van der Waals surface area contributed by atoms with Crippen LogP contribution >= 0.6 is 23.2 Å². The number of carbonyl (C=O) groups is 2. The zero-order valence-corrected chi connectivity index (χ0v) is 19.9. The molecule has 1 unspecified atom stereocenters. The van der Waals surface area contributed by atoms with Gasteiger partial charge < -0.3 is 19.1 Å². The summed E-state index contributed by atoms with van der Waals surface area (Å²) in [4.78, 5) is 32.2. The molecule has 1 aliphatic rings. The van der Waals surface area contributed by atoms with Gasteiger partial charge >= 0.3 is 0 Å². The molecule has 1 aromatic carbocycles. The number of aromatic nitrogens is 2. The first-order valence-corrected chi connectivity index (χ1v) is 11.2. The number of hydrogen-bond donors (Lipinski definition) is 1. The van der Waals surface area contributed by atoms with E-state index in [0.717, 1.165) is 5.56 Å². The van der Waals surface area contributed by atoms with Gasteiger partial charge in [-0.15, -0.1) is 0 Å². The molecule has 2 aromatic heterocycles. The number of benzene rings is 1. The molecule has 1 fully saturated rings. The van der Waals surface area contributed by atoms with Gasteiger partial charge in [-0.2, -0.15) is 0 Å². The van der Waals surface area contributed by atoms with E-state index < -0.39 is 17.7 Å². The molecule has 1 saturated heterocycles. The summed E-state index contributed by atoms with van der Waals surface area (Å²) in [6.45, 7) is 4.40. The van der Waals surface area contributed by atoms with Crippen molar-refractivity contribution in [2.45, 2.75) is 26.3 Å². The van der Waals surface area contributed by atoms with E-state index in [2.05, 4.69) is 4.98 Å². The van der Waals surface area contributed by atoms with Gasteiger partial charge in [0.25, 0.3) is 11.7 Å². The van der Waals surface area contributed by atoms with Gasteiger partial charge in [0.1, 0.15) is 11.3 Å². The maximum atomic E-state index is 13.2. The average molecular weight is 488 g/mol. The second-order valence-corrected chi connectivity index (χ2v) is 8.76. The van der Waals surface area contributed by atoms with Crippen molar-refractivity contribution in [1.82, 2.24) is 14.3 Å². The fourth-order valence-corrected chi connectivity index (χ4v) is 4.50. The lowest BCUT2D eigenvalue weighted by molar-refractivity contribution is -0.140. The standard InChI is InChI=1S/C24H23Cl2N3O4/c1-13-6-4-9-28-14(2)19(27-23(13)28)21(30)18-20(15-7-8-16(25)17(26)12-15)29(10-5-11-33-3)24(32)22(18)31/h4,6-9,12,20,30H,5,10-11H2,1-3H3/b21-18+. The number of pyridine rings is 1. The monoisotopic (exact) mass is 487 g/mol. The summed E-state index contributed by atoms with van der Waals surface area (Å²) >= 11 is 12.3. The molecule has 0 aliphatic carbocycles. The molecule has 0 bridgehead atoms. The molecule has 9 heteroatoms. The van der Waals surface area contributed by atoms with Crippen LogP contribution in [0.2, 0.25) is 10.0 Å². The molecule has 4 rings (SSSR count). The molecule has 3 aromatic rings. The number of fused-ring (bicyclic) bond motifs is 1. The number of aliphatic hydroxyl groups is 1. The Hall–Kier alpha value is -2.87. The van der Waals surface area contributed by atoms with Crippen molar-refractivity contribution in [2.24, 2.45) is 0 Å². The van der Waals surface area contributed by atoms with Crippen LogP contribution in [0, 0.1) is 13.8 Å². The second kappa shape index (κ2) is 9.17. The van der Waals surface area contributed by atoms with Gasteiger partial charge in [-0.05, 0) is 49.6 Å². The Morgan fingerprint density at radius 1 is 1.18 bits per heavy atom. The van der Waals surface area contributed by atoms with Gasteiger partial charge in [0.2, 0.25) is 0 Å². The maximum Gasteiger partial charge on any atom is 0.295 e. The van der Waals surface area contributed by atoms with Crippen LogP contribution in [0.1, 0.15) is 35.0 Å². The summed E-state index contributed by atoms with van der Waals surface area (Å²) in [5.41, 5.74) is 3.03. The highest BCUT2D eigenvalue weighted by Crippen LogP contribution is 2.41. The Kier molecular flexibility index (Phi) is 6.47. The summed E-state index contributed by atoms with van der Waals surface area (Å²) in [5.74, 6) is -1.78. The number of hydrogen-bond acceptors (Lipinski definition) is 5. The van der Waals surface area contributed by atoms with Gasteiger partial charge in [0, 0.05) is 26.5 Å². The van der Waals surface area contributed by atoms with Crippen LogP contribution in [0.15, 0.2) is 42.1 Å². The normalized spacial score (nSPS) is 18.0. The Labute approximate surface area is 201 Å². The zero-order valence-electron chi connectivity index (χ0n) is 18.4.